The number of nitrogen functional groups attached to an aromatic ring is 1. The van der Waals surface area contributed by atoms with Gasteiger partial charge < -0.3 is 5.73 Å². The third-order valence-corrected chi connectivity index (χ3v) is 3.38. The van der Waals surface area contributed by atoms with Crippen LogP contribution in [0, 0.1) is 0 Å². The summed E-state index contributed by atoms with van der Waals surface area (Å²) < 4.78 is 1.83. The van der Waals surface area contributed by atoms with Crippen LogP contribution in [0.4, 0.5) is 5.69 Å². The molecule has 84 valence electrons. The van der Waals surface area contributed by atoms with E-state index in [0.717, 1.165) is 21.3 Å². The molecular formula is C11H9N5S. The average Bonchev–Trinajstić information content (AvgIpc) is 2.81. The van der Waals surface area contributed by atoms with Crippen LogP contribution in [0.2, 0.25) is 0 Å². The Balaban J connectivity index is 2.06. The number of benzene rings is 1. The summed E-state index contributed by atoms with van der Waals surface area (Å²) in [5.74, 6) is 0. The summed E-state index contributed by atoms with van der Waals surface area (Å²) in [6, 6.07) is 7.68. The van der Waals surface area contributed by atoms with E-state index < -0.39 is 0 Å². The molecule has 6 heteroatoms. The number of hydrogen-bond donors (Lipinski definition) is 1. The summed E-state index contributed by atoms with van der Waals surface area (Å²) in [5, 5.41) is 8.68. The van der Waals surface area contributed by atoms with Gasteiger partial charge in [0.15, 0.2) is 5.65 Å². The molecule has 0 aliphatic rings. The number of hydrogen-bond acceptors (Lipinski definition) is 5. The number of aromatic nitrogens is 4. The van der Waals surface area contributed by atoms with E-state index in [4.69, 9.17) is 5.73 Å². The zero-order valence-electron chi connectivity index (χ0n) is 8.82. The molecule has 0 unspecified atom stereocenters. The van der Waals surface area contributed by atoms with E-state index in [1.165, 1.54) is 11.8 Å². The van der Waals surface area contributed by atoms with Crippen LogP contribution in [0.15, 0.2) is 52.9 Å². The van der Waals surface area contributed by atoms with Gasteiger partial charge >= 0.3 is 0 Å². The van der Waals surface area contributed by atoms with Gasteiger partial charge in [0.05, 0.1) is 0 Å². The van der Waals surface area contributed by atoms with Crippen LogP contribution in [0.3, 0.4) is 0 Å². The third kappa shape index (κ3) is 1.83. The Morgan fingerprint density at radius 2 is 2.12 bits per heavy atom. The fraction of sp³-hybridized carbons (Fsp3) is 0. The molecule has 3 rings (SSSR count). The van der Waals surface area contributed by atoms with Crippen LogP contribution < -0.4 is 5.73 Å². The molecule has 0 spiro atoms. The summed E-state index contributed by atoms with van der Waals surface area (Å²) in [4.78, 5) is 5.27. The summed E-state index contributed by atoms with van der Waals surface area (Å²) in [6.07, 6.45) is 5.18. The molecule has 0 saturated heterocycles. The largest absolute Gasteiger partial charge is 0.398 e. The van der Waals surface area contributed by atoms with Crippen molar-refractivity contribution < 1.29 is 0 Å². The number of nitrogens with zero attached hydrogens (tertiary/aromatic N) is 4. The first kappa shape index (κ1) is 10.1. The maximum atomic E-state index is 5.90. The lowest BCUT2D eigenvalue weighted by Crippen LogP contribution is -1.91. The molecular weight excluding hydrogens is 234 g/mol. The van der Waals surface area contributed by atoms with Gasteiger partial charge in [0.2, 0.25) is 0 Å². The van der Waals surface area contributed by atoms with Crippen molar-refractivity contribution in [3.05, 3.63) is 43.0 Å². The van der Waals surface area contributed by atoms with Crippen LogP contribution in [0.1, 0.15) is 0 Å². The van der Waals surface area contributed by atoms with E-state index >= 15 is 0 Å². The van der Waals surface area contributed by atoms with Crippen molar-refractivity contribution in [1.29, 1.82) is 0 Å². The van der Waals surface area contributed by atoms with Crippen LogP contribution in [0.25, 0.3) is 5.65 Å². The Kier molecular flexibility index (Phi) is 2.41. The lowest BCUT2D eigenvalue weighted by molar-refractivity contribution is 1.03. The normalized spacial score (nSPS) is 10.8. The van der Waals surface area contributed by atoms with Gasteiger partial charge in [-0.1, -0.05) is 23.9 Å². The van der Waals surface area contributed by atoms with Crippen molar-refractivity contribution in [2.24, 2.45) is 0 Å². The molecule has 0 aliphatic heterocycles. The van der Waals surface area contributed by atoms with Gasteiger partial charge in [-0.25, -0.2) is 4.98 Å². The fourth-order valence-corrected chi connectivity index (χ4v) is 2.38. The Morgan fingerprint density at radius 1 is 1.24 bits per heavy atom. The molecule has 5 nitrogen and oxygen atoms in total. The highest BCUT2D eigenvalue weighted by Gasteiger charge is 2.08. The first-order valence-electron chi connectivity index (χ1n) is 5.01. The van der Waals surface area contributed by atoms with Gasteiger partial charge in [-0.3, -0.25) is 4.40 Å². The molecule has 2 aromatic heterocycles. The molecule has 2 N–H and O–H groups in total. The molecule has 0 saturated carbocycles. The van der Waals surface area contributed by atoms with Crippen molar-refractivity contribution in [3.63, 3.8) is 0 Å². The van der Waals surface area contributed by atoms with Crippen molar-refractivity contribution in [3.8, 4) is 0 Å². The van der Waals surface area contributed by atoms with Gasteiger partial charge in [-0.2, -0.15) is 0 Å². The average molecular weight is 243 g/mol. The molecule has 17 heavy (non-hydrogen) atoms. The van der Waals surface area contributed by atoms with Crippen LogP contribution in [-0.2, 0) is 0 Å². The lowest BCUT2D eigenvalue weighted by Gasteiger charge is -2.04. The SMILES string of the molecule is Nc1ccccc1Sc1nccn2cnnc12. The minimum atomic E-state index is 0.737. The quantitative estimate of drug-likeness (QED) is 0.696. The first-order valence-corrected chi connectivity index (χ1v) is 5.83. The second-order valence-corrected chi connectivity index (χ2v) is 4.46. The lowest BCUT2D eigenvalue weighted by atomic mass is 10.3. The number of nitrogens with two attached hydrogens (primary N) is 1. The second-order valence-electron chi connectivity index (χ2n) is 3.43. The van der Waals surface area contributed by atoms with E-state index in [1.807, 2.05) is 34.9 Å². The summed E-state index contributed by atoms with van der Waals surface area (Å²) in [6.45, 7) is 0. The van der Waals surface area contributed by atoms with Crippen molar-refractivity contribution in [2.45, 2.75) is 9.92 Å². The summed E-state index contributed by atoms with van der Waals surface area (Å²) in [5.41, 5.74) is 7.37. The Hall–Kier alpha value is -2.08. The van der Waals surface area contributed by atoms with E-state index in [9.17, 15) is 0 Å². The van der Waals surface area contributed by atoms with E-state index in [1.54, 1.807) is 12.5 Å². The zero-order chi connectivity index (χ0) is 11.7. The molecule has 0 amide bonds. The summed E-state index contributed by atoms with van der Waals surface area (Å²) >= 11 is 1.49. The van der Waals surface area contributed by atoms with Crippen molar-refractivity contribution >= 4 is 23.1 Å². The number of para-hydroxylation sites is 1. The number of fused-ring (bicyclic) bond motifs is 1. The fourth-order valence-electron chi connectivity index (χ4n) is 1.48. The minimum Gasteiger partial charge on any atom is -0.398 e. The number of anilines is 1. The highest BCUT2D eigenvalue weighted by molar-refractivity contribution is 7.99. The Bertz CT molecular complexity index is 664. The minimum absolute atomic E-state index is 0.737. The molecule has 0 bridgehead atoms. The van der Waals surface area contributed by atoms with Crippen molar-refractivity contribution in [1.82, 2.24) is 19.6 Å². The molecule has 2 heterocycles. The number of rotatable bonds is 2. The van der Waals surface area contributed by atoms with Gasteiger partial charge in [-0.15, -0.1) is 10.2 Å². The van der Waals surface area contributed by atoms with Gasteiger partial charge in [0.25, 0.3) is 0 Å². The van der Waals surface area contributed by atoms with Gasteiger partial charge in [0.1, 0.15) is 11.4 Å². The smallest absolute Gasteiger partial charge is 0.193 e. The topological polar surface area (TPSA) is 69.1 Å². The van der Waals surface area contributed by atoms with Gasteiger partial charge in [0, 0.05) is 23.0 Å². The molecule has 0 radical (unpaired) electrons. The molecule has 0 atom stereocenters. The van der Waals surface area contributed by atoms with E-state index in [-0.39, 0.29) is 0 Å². The van der Waals surface area contributed by atoms with Gasteiger partial charge in [-0.05, 0) is 12.1 Å². The molecule has 0 fully saturated rings. The highest BCUT2D eigenvalue weighted by Crippen LogP contribution is 2.31. The van der Waals surface area contributed by atoms with Crippen LogP contribution in [-0.4, -0.2) is 19.6 Å². The van der Waals surface area contributed by atoms with E-state index in [0.29, 0.717) is 0 Å². The summed E-state index contributed by atoms with van der Waals surface area (Å²) in [7, 11) is 0. The first-order chi connectivity index (χ1) is 8.34. The monoisotopic (exact) mass is 243 g/mol. The predicted octanol–water partition coefficient (Wildman–Crippen LogP) is 1.86. The highest BCUT2D eigenvalue weighted by atomic mass is 32.2. The molecule has 1 aromatic carbocycles. The maximum Gasteiger partial charge on any atom is 0.193 e. The third-order valence-electron chi connectivity index (χ3n) is 2.31. The molecule has 0 aliphatic carbocycles. The maximum absolute atomic E-state index is 5.90. The second kappa shape index (κ2) is 4.06. The molecule has 3 aromatic rings. The Labute approximate surface area is 102 Å². The predicted molar refractivity (Wildman–Crippen MR) is 65.8 cm³/mol. The zero-order valence-corrected chi connectivity index (χ0v) is 9.63. The van der Waals surface area contributed by atoms with E-state index in [2.05, 4.69) is 15.2 Å². The van der Waals surface area contributed by atoms with Crippen molar-refractivity contribution in [2.75, 3.05) is 5.73 Å². The Morgan fingerprint density at radius 3 is 3.00 bits per heavy atom. The van der Waals surface area contributed by atoms with Crippen LogP contribution in [0.5, 0.6) is 0 Å². The standard InChI is InChI=1S/C11H9N5S/c12-8-3-1-2-4-9(8)17-11-10-15-14-7-16(10)6-5-13-11/h1-7H,12H2. The van der Waals surface area contributed by atoms with Crippen LogP contribution >= 0.6 is 11.8 Å².